The van der Waals surface area contributed by atoms with Crippen molar-refractivity contribution < 1.29 is 0 Å². The molecule has 0 radical (unpaired) electrons. The Morgan fingerprint density at radius 1 is 1.27 bits per heavy atom. The number of hydrogen-bond donors (Lipinski definition) is 0. The number of benzene rings is 1. The number of nitrogens with zero attached hydrogens (tertiary/aromatic N) is 2. The molecule has 74 valence electrons. The molecule has 0 spiro atoms. The minimum atomic E-state index is 0.907. The second-order valence-corrected chi connectivity index (χ2v) is 4.40. The van der Waals surface area contributed by atoms with Gasteiger partial charge in [-0.05, 0) is 22.4 Å². The van der Waals surface area contributed by atoms with Crippen molar-refractivity contribution in [3.8, 4) is 0 Å². The Hall–Kier alpha value is -1.61. The molecule has 0 saturated heterocycles. The SMILES string of the molecule is c1ccc2c(Cn3ccnc3)csc2c1. The second-order valence-electron chi connectivity index (χ2n) is 3.49. The van der Waals surface area contributed by atoms with Crippen LogP contribution in [0.2, 0.25) is 0 Å². The van der Waals surface area contributed by atoms with Crippen LogP contribution in [-0.4, -0.2) is 9.55 Å². The molecule has 3 heteroatoms. The minimum Gasteiger partial charge on any atom is -0.333 e. The van der Waals surface area contributed by atoms with Gasteiger partial charge in [0, 0.05) is 23.6 Å². The molecule has 0 atom stereocenters. The molecule has 0 N–H and O–H groups in total. The first kappa shape index (κ1) is 8.68. The minimum absolute atomic E-state index is 0.907. The third-order valence-corrected chi connectivity index (χ3v) is 3.49. The molecule has 0 amide bonds. The lowest BCUT2D eigenvalue weighted by Crippen LogP contribution is -1.94. The Morgan fingerprint density at radius 3 is 3.07 bits per heavy atom. The molecule has 15 heavy (non-hydrogen) atoms. The van der Waals surface area contributed by atoms with Crippen molar-refractivity contribution in [3.05, 3.63) is 53.9 Å². The van der Waals surface area contributed by atoms with Crippen molar-refractivity contribution in [2.75, 3.05) is 0 Å². The fourth-order valence-corrected chi connectivity index (χ4v) is 2.69. The van der Waals surface area contributed by atoms with Crippen molar-refractivity contribution in [2.45, 2.75) is 6.54 Å². The summed E-state index contributed by atoms with van der Waals surface area (Å²) < 4.78 is 3.45. The summed E-state index contributed by atoms with van der Waals surface area (Å²) in [4.78, 5) is 4.05. The number of rotatable bonds is 2. The van der Waals surface area contributed by atoms with Crippen LogP contribution in [0.5, 0.6) is 0 Å². The molecule has 3 aromatic rings. The lowest BCUT2D eigenvalue weighted by atomic mass is 10.2. The van der Waals surface area contributed by atoms with E-state index in [9.17, 15) is 0 Å². The molecule has 0 aliphatic heterocycles. The largest absolute Gasteiger partial charge is 0.333 e. The fourth-order valence-electron chi connectivity index (χ4n) is 1.73. The van der Waals surface area contributed by atoms with E-state index < -0.39 is 0 Å². The van der Waals surface area contributed by atoms with Gasteiger partial charge in [0.2, 0.25) is 0 Å². The number of aromatic nitrogens is 2. The fraction of sp³-hybridized carbons (Fsp3) is 0.0833. The normalized spacial score (nSPS) is 10.9. The van der Waals surface area contributed by atoms with E-state index >= 15 is 0 Å². The zero-order chi connectivity index (χ0) is 10.1. The number of fused-ring (bicyclic) bond motifs is 1. The lowest BCUT2D eigenvalue weighted by Gasteiger charge is -2.00. The third-order valence-electron chi connectivity index (χ3n) is 2.47. The Labute approximate surface area is 91.8 Å². The summed E-state index contributed by atoms with van der Waals surface area (Å²) in [5, 5.41) is 3.58. The maximum Gasteiger partial charge on any atom is 0.0949 e. The Bertz CT molecular complexity index is 566. The predicted molar refractivity (Wildman–Crippen MR) is 63.2 cm³/mol. The van der Waals surface area contributed by atoms with E-state index in [1.807, 2.05) is 18.7 Å². The summed E-state index contributed by atoms with van der Waals surface area (Å²) in [6.45, 7) is 0.907. The van der Waals surface area contributed by atoms with Crippen LogP contribution in [-0.2, 0) is 6.54 Å². The van der Waals surface area contributed by atoms with E-state index in [-0.39, 0.29) is 0 Å². The van der Waals surface area contributed by atoms with Crippen LogP contribution in [0.1, 0.15) is 5.56 Å². The molecule has 0 saturated carbocycles. The Morgan fingerprint density at radius 2 is 2.20 bits per heavy atom. The average molecular weight is 214 g/mol. The van der Waals surface area contributed by atoms with Crippen molar-refractivity contribution in [3.63, 3.8) is 0 Å². The number of thiophene rings is 1. The van der Waals surface area contributed by atoms with Gasteiger partial charge in [-0.1, -0.05) is 18.2 Å². The van der Waals surface area contributed by atoms with Gasteiger partial charge in [-0.3, -0.25) is 0 Å². The van der Waals surface area contributed by atoms with E-state index in [1.165, 1.54) is 15.6 Å². The predicted octanol–water partition coefficient (Wildman–Crippen LogP) is 3.15. The molecule has 2 heterocycles. The van der Waals surface area contributed by atoms with Gasteiger partial charge in [0.25, 0.3) is 0 Å². The zero-order valence-corrected chi connectivity index (χ0v) is 8.95. The van der Waals surface area contributed by atoms with Gasteiger partial charge >= 0.3 is 0 Å². The Kier molecular flexibility index (Phi) is 2.03. The van der Waals surface area contributed by atoms with E-state index in [1.54, 1.807) is 11.3 Å². The molecule has 1 aromatic carbocycles. The highest BCUT2D eigenvalue weighted by molar-refractivity contribution is 7.17. The highest BCUT2D eigenvalue weighted by atomic mass is 32.1. The average Bonchev–Trinajstić information content (AvgIpc) is 2.89. The molecular formula is C12H10N2S. The molecule has 0 fully saturated rings. The molecular weight excluding hydrogens is 204 g/mol. The number of imidazole rings is 1. The van der Waals surface area contributed by atoms with Crippen LogP contribution >= 0.6 is 11.3 Å². The van der Waals surface area contributed by atoms with Gasteiger partial charge in [0.05, 0.1) is 6.33 Å². The first-order valence-corrected chi connectivity index (χ1v) is 5.72. The van der Waals surface area contributed by atoms with Gasteiger partial charge in [-0.25, -0.2) is 4.98 Å². The molecule has 0 aliphatic carbocycles. The summed E-state index contributed by atoms with van der Waals surface area (Å²) >= 11 is 1.80. The molecule has 3 rings (SSSR count). The highest BCUT2D eigenvalue weighted by Gasteiger charge is 2.02. The maximum absolute atomic E-state index is 4.05. The maximum atomic E-state index is 4.05. The van der Waals surface area contributed by atoms with Crippen LogP contribution in [0.15, 0.2) is 48.4 Å². The first-order valence-electron chi connectivity index (χ1n) is 4.84. The van der Waals surface area contributed by atoms with E-state index in [0.717, 1.165) is 6.54 Å². The summed E-state index contributed by atoms with van der Waals surface area (Å²) in [6, 6.07) is 8.52. The van der Waals surface area contributed by atoms with Gasteiger partial charge in [-0.2, -0.15) is 0 Å². The molecule has 0 unspecified atom stereocenters. The van der Waals surface area contributed by atoms with Crippen molar-refractivity contribution >= 4 is 21.4 Å². The summed E-state index contributed by atoms with van der Waals surface area (Å²) in [6.07, 6.45) is 5.66. The van der Waals surface area contributed by atoms with Crippen LogP contribution < -0.4 is 0 Å². The lowest BCUT2D eigenvalue weighted by molar-refractivity contribution is 0.805. The van der Waals surface area contributed by atoms with Gasteiger partial charge in [0.1, 0.15) is 0 Å². The standard InChI is InChI=1S/C12H10N2S/c1-2-4-12-11(3-1)10(8-15-12)7-14-6-5-13-9-14/h1-6,8-9H,7H2. The quantitative estimate of drug-likeness (QED) is 0.640. The Balaban J connectivity index is 2.05. The molecule has 0 bridgehead atoms. The van der Waals surface area contributed by atoms with Crippen molar-refractivity contribution in [1.82, 2.24) is 9.55 Å². The summed E-state index contributed by atoms with van der Waals surface area (Å²) in [5.41, 5.74) is 1.37. The molecule has 2 nitrogen and oxygen atoms in total. The number of hydrogen-bond acceptors (Lipinski definition) is 2. The highest BCUT2D eigenvalue weighted by Crippen LogP contribution is 2.25. The van der Waals surface area contributed by atoms with Gasteiger partial charge in [0.15, 0.2) is 0 Å². The van der Waals surface area contributed by atoms with Crippen LogP contribution in [0.25, 0.3) is 10.1 Å². The molecule has 2 aromatic heterocycles. The van der Waals surface area contributed by atoms with Crippen LogP contribution in [0.3, 0.4) is 0 Å². The second kappa shape index (κ2) is 3.51. The van der Waals surface area contributed by atoms with Crippen molar-refractivity contribution in [2.24, 2.45) is 0 Å². The van der Waals surface area contributed by atoms with Crippen LogP contribution in [0, 0.1) is 0 Å². The topological polar surface area (TPSA) is 17.8 Å². The third kappa shape index (κ3) is 1.55. The molecule has 0 aliphatic rings. The zero-order valence-electron chi connectivity index (χ0n) is 8.13. The monoisotopic (exact) mass is 214 g/mol. The first-order chi connectivity index (χ1) is 7.43. The van der Waals surface area contributed by atoms with E-state index in [2.05, 4.69) is 39.2 Å². The van der Waals surface area contributed by atoms with Crippen molar-refractivity contribution in [1.29, 1.82) is 0 Å². The smallest absolute Gasteiger partial charge is 0.0949 e. The summed E-state index contributed by atoms with van der Waals surface area (Å²) in [7, 11) is 0. The van der Waals surface area contributed by atoms with Gasteiger partial charge in [-0.15, -0.1) is 11.3 Å². The van der Waals surface area contributed by atoms with Gasteiger partial charge < -0.3 is 4.57 Å². The van der Waals surface area contributed by atoms with E-state index in [4.69, 9.17) is 0 Å². The summed E-state index contributed by atoms with van der Waals surface area (Å²) in [5.74, 6) is 0. The van der Waals surface area contributed by atoms with Crippen LogP contribution in [0.4, 0.5) is 0 Å². The van der Waals surface area contributed by atoms with E-state index in [0.29, 0.717) is 0 Å².